The molecule has 1 spiro atoms. The molecule has 264 valence electrons. The van der Waals surface area contributed by atoms with Gasteiger partial charge >= 0.3 is 17.4 Å². The smallest absolute Gasteiger partial charge is 0.374 e. The summed E-state index contributed by atoms with van der Waals surface area (Å²) in [5.41, 5.74) is -2.68. The summed E-state index contributed by atoms with van der Waals surface area (Å²) < 4.78 is 44.5. The lowest BCUT2D eigenvalue weighted by molar-refractivity contribution is -0.313. The van der Waals surface area contributed by atoms with Gasteiger partial charge in [0.1, 0.15) is 23.3 Å². The van der Waals surface area contributed by atoms with Crippen molar-refractivity contribution in [2.24, 2.45) is 0 Å². The van der Waals surface area contributed by atoms with Crippen molar-refractivity contribution < 1.29 is 77.5 Å². The zero-order chi connectivity index (χ0) is 36.0. The average Bonchev–Trinajstić information content (AvgIpc) is 3.40. The van der Waals surface area contributed by atoms with E-state index in [4.69, 9.17) is 32.8 Å². The SMILES string of the molecule is COC1=[13CH]C(=O)[13c]2c([13c](O)c3[13c](c2O)[C@@H](O[C@H]2C[C@@H](OC)[C@@H](O)[C@H](C)O2)[13C@@]2(O3)O[13c]3c([13cH]c4[13cH]c([13C](=O)OC)oc(=O)[13c]4c3O)[13CH2][C@H]2O)[13C]1=O. The first-order valence-corrected chi connectivity index (χ1v) is 15.2. The molecule has 5 N–H and O–H groups in total. The number of carbonyl (C=O) groups excluding carboxylic acids is 3. The lowest BCUT2D eigenvalue weighted by Gasteiger charge is -2.44. The van der Waals surface area contributed by atoms with Gasteiger partial charge in [-0.15, -0.1) is 0 Å². The van der Waals surface area contributed by atoms with Gasteiger partial charge in [0.2, 0.25) is 11.5 Å². The normalized spacial score (nSPS) is 28.3. The monoisotopic (exact) mass is 710 g/mol. The number of hydrogen-bond donors (Lipinski definition) is 5. The summed E-state index contributed by atoms with van der Waals surface area (Å²) in [4.78, 5) is 51.5. The third-order valence-corrected chi connectivity index (χ3v) is 9.33. The molecule has 1 aromatic heterocycles. The van der Waals surface area contributed by atoms with Crippen LogP contribution in [-0.4, -0.2) is 101 Å². The van der Waals surface area contributed by atoms with Crippen molar-refractivity contribution in [1.82, 2.24) is 0 Å². The summed E-state index contributed by atoms with van der Waals surface area (Å²) >= 11 is 0. The molecule has 1 aliphatic carbocycles. The highest BCUT2D eigenvalue weighted by Gasteiger charge is 2.63. The van der Waals surface area contributed by atoms with Crippen molar-refractivity contribution in [2.45, 2.75) is 62.4 Å². The molecule has 4 heterocycles. The molecule has 1 fully saturated rings. The molecule has 0 amide bonds. The summed E-state index contributed by atoms with van der Waals surface area (Å²) in [5, 5.41) is 56.5. The van der Waals surface area contributed by atoms with Gasteiger partial charge in [0.25, 0.3) is 0 Å². The van der Waals surface area contributed by atoms with Gasteiger partial charge in [-0.3, -0.25) is 9.59 Å². The first kappa shape index (κ1) is 33.3. The predicted octanol–water partition coefficient (Wildman–Crippen LogP) is 1.26. The van der Waals surface area contributed by atoms with E-state index in [9.17, 15) is 44.7 Å². The fraction of sp³-hybridized carbons (Fsp3) is 0.394. The number of hydrogen-bond acceptors (Lipinski definition) is 17. The molecular formula is C33H30O17. The van der Waals surface area contributed by atoms with Gasteiger partial charge in [-0.1, -0.05) is 0 Å². The molecule has 3 aromatic rings. The molecule has 0 radical (unpaired) electrons. The number of phenols is 3. The first-order chi connectivity index (χ1) is 23.8. The summed E-state index contributed by atoms with van der Waals surface area (Å²) in [7, 11) is 3.58. The standard InChI is InChI=1S/C33H30O17/c1-10-23(36)15(44-3)9-18(46-10)48-30-22-25(38)20-13(34)8-14(43-2)24(37)21(20)27(40)29(22)50-33(30)17(35)7-12-5-11-6-16(31(41)45-4)47-32(42)19(11)26(39)28(12)49-33/h5-6,8,10,15,17-18,23,30,35-36,38-40H,7,9H2,1-4H3/t10-,15+,17+,18-,23-,30+,33+/m0/s1/i5+1,6+1,7+1,8+1,19+1,20+1,22+1,24+1,27+1,28+1,31+1,33+1. The van der Waals surface area contributed by atoms with Crippen LogP contribution in [-0.2, 0) is 30.1 Å². The number of allylic oxidation sites excluding steroid dienone is 2. The maximum absolute atomic E-state index is 13.2. The molecule has 2 aromatic carbocycles. The quantitative estimate of drug-likeness (QED) is 0.142. The largest absolute Gasteiger partial charge is 0.507 e. The number of Topliss-reactive ketones (excluding diaryl/α,β-unsaturated/α-hetero) is 1. The highest BCUT2D eigenvalue weighted by atomic mass is 16.9. The maximum Gasteiger partial charge on any atom is 0.374 e. The summed E-state index contributed by atoms with van der Waals surface area (Å²) in [5.74, 6) is -9.75. The highest BCUT2D eigenvalue weighted by Crippen LogP contribution is 2.61. The van der Waals surface area contributed by atoms with E-state index in [1.807, 2.05) is 0 Å². The highest BCUT2D eigenvalue weighted by molar-refractivity contribution is 6.26. The van der Waals surface area contributed by atoms with Crippen molar-refractivity contribution >= 4 is 28.3 Å². The minimum atomic E-state index is -2.50. The number of ether oxygens (including phenoxy) is 7. The van der Waals surface area contributed by atoms with E-state index in [2.05, 4.69) is 4.74 Å². The van der Waals surface area contributed by atoms with Crippen LogP contribution in [0.5, 0.6) is 28.7 Å². The molecule has 7 atom stereocenters. The number of benzene rings is 2. The van der Waals surface area contributed by atoms with Gasteiger partial charge in [0.15, 0.2) is 46.9 Å². The Bertz CT molecular complexity index is 2080. The van der Waals surface area contributed by atoms with Crippen LogP contribution in [0.4, 0.5) is 0 Å². The van der Waals surface area contributed by atoms with Crippen LogP contribution in [0.15, 0.2) is 33.2 Å². The molecule has 3 aliphatic heterocycles. The number of aromatic hydroxyl groups is 3. The number of esters is 1. The maximum atomic E-state index is 13.2. The third kappa shape index (κ3) is 4.65. The van der Waals surface area contributed by atoms with Crippen LogP contribution in [0.1, 0.15) is 61.8 Å². The van der Waals surface area contributed by atoms with Gasteiger partial charge in [-0.25, -0.2) is 9.59 Å². The molecule has 0 unspecified atom stereocenters. The van der Waals surface area contributed by atoms with Crippen molar-refractivity contribution in [3.05, 3.63) is 62.4 Å². The molecule has 17 heteroatoms. The molecule has 0 bridgehead atoms. The van der Waals surface area contributed by atoms with Crippen molar-refractivity contribution in [2.75, 3.05) is 21.3 Å². The molecule has 4 aliphatic rings. The van der Waals surface area contributed by atoms with E-state index < -0.39 is 128 Å². The van der Waals surface area contributed by atoms with E-state index in [-0.39, 0.29) is 23.8 Å². The molecule has 50 heavy (non-hydrogen) atoms. The second-order valence-electron chi connectivity index (χ2n) is 12.1. The third-order valence-electron chi connectivity index (χ3n) is 9.33. The number of rotatable bonds is 5. The number of methoxy groups -OCH3 is 3. The molecule has 17 nitrogen and oxygen atoms in total. The number of ketones is 2. The minimum Gasteiger partial charge on any atom is -0.507 e. The van der Waals surface area contributed by atoms with Crippen molar-refractivity contribution in [3.8, 4) is 28.7 Å². The Kier molecular flexibility index (Phi) is 7.80. The fourth-order valence-electron chi connectivity index (χ4n) is 6.86. The van der Waals surface area contributed by atoms with E-state index in [0.717, 1.165) is 26.4 Å². The minimum absolute atomic E-state index is 0.0447. The Morgan fingerprint density at radius 1 is 0.960 bits per heavy atom. The summed E-state index contributed by atoms with van der Waals surface area (Å²) in [6, 6.07) is 2.52. The van der Waals surface area contributed by atoms with Gasteiger partial charge in [0, 0.05) is 31.6 Å². The van der Waals surface area contributed by atoms with Crippen LogP contribution in [0.3, 0.4) is 0 Å². The number of phenolic OH excluding ortho intramolecular Hbond substituents is 3. The van der Waals surface area contributed by atoms with Crippen molar-refractivity contribution in [1.29, 1.82) is 0 Å². The Labute approximate surface area is 280 Å². The lowest BCUT2D eigenvalue weighted by Crippen LogP contribution is -2.59. The number of fused-ring (bicyclic) bond motifs is 4. The topological polar surface area (TPSA) is 247 Å². The average molecular weight is 710 g/mol. The second-order valence-corrected chi connectivity index (χ2v) is 12.1. The first-order valence-electron chi connectivity index (χ1n) is 15.2. The second kappa shape index (κ2) is 11.7. The van der Waals surface area contributed by atoms with Gasteiger partial charge in [-0.2, -0.15) is 0 Å². The van der Waals surface area contributed by atoms with Gasteiger partial charge in [0.05, 0.1) is 43.1 Å². The van der Waals surface area contributed by atoms with E-state index in [0.29, 0.717) is 0 Å². The summed E-state index contributed by atoms with van der Waals surface area (Å²) in [6.45, 7) is 1.55. The number of aliphatic hydroxyl groups is 2. The Morgan fingerprint density at radius 2 is 1.68 bits per heavy atom. The Hall–Kier alpha value is -5.20. The van der Waals surface area contributed by atoms with Crippen LogP contribution in [0, 0.1) is 0 Å². The zero-order valence-corrected chi connectivity index (χ0v) is 26.7. The van der Waals surface area contributed by atoms with Crippen LogP contribution >= 0.6 is 0 Å². The predicted molar refractivity (Wildman–Crippen MR) is 162 cm³/mol. The van der Waals surface area contributed by atoms with Gasteiger partial charge < -0.3 is 63.1 Å². The van der Waals surface area contributed by atoms with E-state index >= 15 is 0 Å². The van der Waals surface area contributed by atoms with E-state index in [1.54, 1.807) is 6.92 Å². The van der Waals surface area contributed by atoms with E-state index in [1.165, 1.54) is 13.2 Å². The Balaban J connectivity index is 1.41. The fourth-order valence-corrected chi connectivity index (χ4v) is 6.86. The van der Waals surface area contributed by atoms with Crippen LogP contribution in [0.25, 0.3) is 10.8 Å². The van der Waals surface area contributed by atoms with Gasteiger partial charge in [-0.05, 0) is 24.4 Å². The van der Waals surface area contributed by atoms with Crippen LogP contribution < -0.4 is 15.1 Å². The van der Waals surface area contributed by atoms with Crippen LogP contribution in [0.2, 0.25) is 0 Å². The number of carbonyl (C=O) groups is 3. The molecule has 1 saturated heterocycles. The van der Waals surface area contributed by atoms with Crippen molar-refractivity contribution in [3.63, 3.8) is 0 Å². The molecule has 7 rings (SSSR count). The summed E-state index contributed by atoms with van der Waals surface area (Å²) in [6.07, 6.45) is -7.15. The molecule has 0 saturated carbocycles. The molecular weight excluding hydrogens is 680 g/mol. The zero-order valence-electron chi connectivity index (χ0n) is 26.7. The number of aliphatic hydroxyl groups excluding tert-OH is 2. The lowest BCUT2D eigenvalue weighted by atomic mass is 10.0. The Morgan fingerprint density at radius 3 is 2.36 bits per heavy atom.